The first-order valence-electron chi connectivity index (χ1n) is 6.06. The van der Waals surface area contributed by atoms with Crippen molar-refractivity contribution < 1.29 is 19.8 Å². The minimum atomic E-state index is -1.54. The average Bonchev–Trinajstić information content (AvgIpc) is 2.71. The van der Waals surface area contributed by atoms with Crippen LogP contribution in [0.25, 0.3) is 0 Å². The van der Waals surface area contributed by atoms with E-state index >= 15 is 0 Å². The van der Waals surface area contributed by atoms with Crippen LogP contribution in [0, 0.1) is 0 Å². The third kappa shape index (κ3) is 2.77. The second kappa shape index (κ2) is 5.40. The molecular weight excluding hydrogens is 284 g/mol. The van der Waals surface area contributed by atoms with Crippen LogP contribution < -0.4 is 5.73 Å². The lowest BCUT2D eigenvalue weighted by molar-refractivity contribution is -0.142. The minimum absolute atomic E-state index is 0.0233. The van der Waals surface area contributed by atoms with Gasteiger partial charge in [0.1, 0.15) is 11.6 Å². The molecular formula is C13H15ClN2O4. The lowest BCUT2D eigenvalue weighted by Crippen LogP contribution is -2.50. The summed E-state index contributed by atoms with van der Waals surface area (Å²) in [4.78, 5) is 24.0. The van der Waals surface area contributed by atoms with Crippen LogP contribution >= 0.6 is 11.6 Å². The van der Waals surface area contributed by atoms with Gasteiger partial charge in [0, 0.05) is 24.5 Å². The quantitative estimate of drug-likeness (QED) is 0.759. The summed E-state index contributed by atoms with van der Waals surface area (Å²) < 4.78 is 0. The zero-order valence-corrected chi connectivity index (χ0v) is 11.4. The van der Waals surface area contributed by atoms with Crippen LogP contribution in [-0.2, 0) is 16.1 Å². The largest absolute Gasteiger partial charge is 0.480 e. The molecule has 0 spiro atoms. The molecule has 6 nitrogen and oxygen atoms in total. The number of carboxylic acid groups (broad SMARTS) is 2. The lowest BCUT2D eigenvalue weighted by atomic mass is 9.98. The molecule has 1 heterocycles. The normalized spacial score (nSPS) is 26.6. The van der Waals surface area contributed by atoms with Crippen molar-refractivity contribution in [3.63, 3.8) is 0 Å². The van der Waals surface area contributed by atoms with Gasteiger partial charge < -0.3 is 15.9 Å². The number of likely N-dealkylation sites (tertiary alicyclic amines) is 1. The summed E-state index contributed by atoms with van der Waals surface area (Å²) in [6, 6.07) is 6.12. The molecule has 1 fully saturated rings. The van der Waals surface area contributed by atoms with Gasteiger partial charge in [0.05, 0.1) is 0 Å². The molecule has 1 aromatic carbocycles. The van der Waals surface area contributed by atoms with Crippen molar-refractivity contribution in [3.05, 3.63) is 34.9 Å². The third-order valence-electron chi connectivity index (χ3n) is 3.53. The molecule has 2 rings (SSSR count). The molecule has 1 aliphatic heterocycles. The van der Waals surface area contributed by atoms with E-state index in [4.69, 9.17) is 22.4 Å². The van der Waals surface area contributed by atoms with Crippen LogP contribution in [0.1, 0.15) is 12.0 Å². The second-order valence-electron chi connectivity index (χ2n) is 5.02. The minimum Gasteiger partial charge on any atom is -0.480 e. The molecule has 7 heteroatoms. The van der Waals surface area contributed by atoms with Gasteiger partial charge in [-0.25, -0.2) is 0 Å². The first kappa shape index (κ1) is 14.8. The fraction of sp³-hybridized carbons (Fsp3) is 0.385. The zero-order valence-electron chi connectivity index (χ0n) is 10.6. The number of aliphatic carboxylic acids is 2. The molecule has 0 saturated carbocycles. The summed E-state index contributed by atoms with van der Waals surface area (Å²) in [5.41, 5.74) is 4.98. The van der Waals surface area contributed by atoms with Gasteiger partial charge in [0.15, 0.2) is 0 Å². The molecule has 0 bridgehead atoms. The van der Waals surface area contributed by atoms with E-state index in [2.05, 4.69) is 0 Å². The Balaban J connectivity index is 2.23. The molecule has 1 aliphatic rings. The Labute approximate surface area is 120 Å². The number of hydrogen-bond donors (Lipinski definition) is 3. The summed E-state index contributed by atoms with van der Waals surface area (Å²) in [7, 11) is 0. The number of carbonyl (C=O) groups is 2. The Morgan fingerprint density at radius 1 is 1.40 bits per heavy atom. The Morgan fingerprint density at radius 3 is 2.60 bits per heavy atom. The van der Waals surface area contributed by atoms with Crippen LogP contribution in [0.5, 0.6) is 0 Å². The summed E-state index contributed by atoms with van der Waals surface area (Å²) in [5, 5.41) is 18.9. The zero-order chi connectivity index (χ0) is 14.9. The Morgan fingerprint density at radius 2 is 2.05 bits per heavy atom. The van der Waals surface area contributed by atoms with Crippen LogP contribution in [0.15, 0.2) is 24.3 Å². The van der Waals surface area contributed by atoms with E-state index in [1.54, 1.807) is 24.3 Å². The second-order valence-corrected chi connectivity index (χ2v) is 5.42. The first-order chi connectivity index (χ1) is 9.33. The number of carboxylic acids is 2. The number of halogens is 1. The Bertz CT molecular complexity index is 551. The predicted octanol–water partition coefficient (Wildman–Crippen LogP) is 0.781. The van der Waals surface area contributed by atoms with Gasteiger partial charge >= 0.3 is 11.9 Å². The van der Waals surface area contributed by atoms with Gasteiger partial charge in [-0.15, -0.1) is 0 Å². The maximum Gasteiger partial charge on any atom is 0.325 e. The molecule has 0 amide bonds. The van der Waals surface area contributed by atoms with Crippen molar-refractivity contribution in [2.45, 2.75) is 24.5 Å². The number of benzene rings is 1. The fourth-order valence-corrected chi connectivity index (χ4v) is 2.62. The van der Waals surface area contributed by atoms with E-state index < -0.39 is 23.5 Å². The molecule has 20 heavy (non-hydrogen) atoms. The topological polar surface area (TPSA) is 104 Å². The molecule has 0 aliphatic carbocycles. The Hall–Kier alpha value is -1.63. The van der Waals surface area contributed by atoms with Crippen molar-refractivity contribution >= 4 is 23.5 Å². The van der Waals surface area contributed by atoms with E-state index in [0.717, 1.165) is 5.56 Å². The van der Waals surface area contributed by atoms with Gasteiger partial charge in [0.2, 0.25) is 0 Å². The van der Waals surface area contributed by atoms with Crippen molar-refractivity contribution in [2.75, 3.05) is 6.54 Å². The van der Waals surface area contributed by atoms with Gasteiger partial charge in [0.25, 0.3) is 0 Å². The van der Waals surface area contributed by atoms with E-state index in [0.29, 0.717) is 5.02 Å². The smallest absolute Gasteiger partial charge is 0.325 e. The highest BCUT2D eigenvalue weighted by atomic mass is 35.5. The number of nitrogens with two attached hydrogens (primary N) is 1. The molecule has 2 atom stereocenters. The van der Waals surface area contributed by atoms with Gasteiger partial charge in [-0.3, -0.25) is 14.5 Å². The predicted molar refractivity (Wildman–Crippen MR) is 72.5 cm³/mol. The maximum atomic E-state index is 11.3. The first-order valence-corrected chi connectivity index (χ1v) is 6.44. The Kier molecular flexibility index (Phi) is 3.99. The average molecular weight is 299 g/mol. The SMILES string of the molecule is N[C@]1(C(=O)O)C[C@H](C(=O)O)N(Cc2ccccc2Cl)C1. The summed E-state index contributed by atoms with van der Waals surface area (Å²) in [5.74, 6) is -2.27. The molecule has 0 aromatic heterocycles. The number of nitrogens with zero attached hydrogens (tertiary/aromatic N) is 1. The molecule has 108 valence electrons. The van der Waals surface area contributed by atoms with Gasteiger partial charge in [-0.05, 0) is 11.6 Å². The van der Waals surface area contributed by atoms with E-state index in [9.17, 15) is 14.7 Å². The van der Waals surface area contributed by atoms with E-state index in [1.165, 1.54) is 4.90 Å². The molecule has 0 radical (unpaired) electrons. The maximum absolute atomic E-state index is 11.3. The van der Waals surface area contributed by atoms with E-state index in [1.807, 2.05) is 0 Å². The van der Waals surface area contributed by atoms with Crippen LogP contribution in [0.2, 0.25) is 5.02 Å². The summed E-state index contributed by atoms with van der Waals surface area (Å²) >= 11 is 6.04. The highest BCUT2D eigenvalue weighted by molar-refractivity contribution is 6.31. The summed E-state index contributed by atoms with van der Waals surface area (Å²) in [6.45, 7) is 0.230. The summed E-state index contributed by atoms with van der Waals surface area (Å²) in [6.07, 6.45) is -0.123. The van der Waals surface area contributed by atoms with Gasteiger partial charge in [-0.1, -0.05) is 29.8 Å². The van der Waals surface area contributed by atoms with Gasteiger partial charge in [-0.2, -0.15) is 0 Å². The number of hydrogen-bond acceptors (Lipinski definition) is 4. The van der Waals surface area contributed by atoms with Crippen LogP contribution in [0.3, 0.4) is 0 Å². The van der Waals surface area contributed by atoms with Crippen molar-refractivity contribution in [2.24, 2.45) is 5.73 Å². The van der Waals surface area contributed by atoms with Crippen LogP contribution in [-0.4, -0.2) is 45.2 Å². The fourth-order valence-electron chi connectivity index (χ4n) is 2.42. The highest BCUT2D eigenvalue weighted by Crippen LogP contribution is 2.29. The molecule has 1 saturated heterocycles. The monoisotopic (exact) mass is 298 g/mol. The van der Waals surface area contributed by atoms with Crippen LogP contribution in [0.4, 0.5) is 0 Å². The van der Waals surface area contributed by atoms with Crippen molar-refractivity contribution in [1.29, 1.82) is 0 Å². The molecule has 4 N–H and O–H groups in total. The van der Waals surface area contributed by atoms with E-state index in [-0.39, 0.29) is 19.5 Å². The lowest BCUT2D eigenvalue weighted by Gasteiger charge is -2.22. The van der Waals surface area contributed by atoms with Crippen molar-refractivity contribution in [1.82, 2.24) is 4.90 Å². The standard InChI is InChI=1S/C13H15ClN2O4/c14-9-4-2-1-3-8(9)6-16-7-13(15,12(19)20)5-10(16)11(17)18/h1-4,10H,5-7,15H2,(H,17,18)(H,19,20)/t10-,13-/m1/s1. The third-order valence-corrected chi connectivity index (χ3v) is 3.89. The van der Waals surface area contributed by atoms with Crippen molar-refractivity contribution in [3.8, 4) is 0 Å². The number of rotatable bonds is 4. The molecule has 1 aromatic rings. The molecule has 0 unspecified atom stereocenters. The highest BCUT2D eigenvalue weighted by Gasteiger charge is 2.49.